The number of ether oxygens (including phenoxy) is 1. The van der Waals surface area contributed by atoms with E-state index in [9.17, 15) is 4.79 Å². The van der Waals surface area contributed by atoms with Crippen molar-refractivity contribution in [3.8, 4) is 5.75 Å². The van der Waals surface area contributed by atoms with Gasteiger partial charge in [-0.1, -0.05) is 55.8 Å². The van der Waals surface area contributed by atoms with Crippen molar-refractivity contribution in [3.05, 3.63) is 65.2 Å². The summed E-state index contributed by atoms with van der Waals surface area (Å²) in [6.07, 6.45) is 0.946. The Morgan fingerprint density at radius 3 is 2.26 bits per heavy atom. The smallest absolute Gasteiger partial charge is 0.260 e. The molecule has 0 spiro atoms. The zero-order valence-electron chi connectivity index (χ0n) is 16.2. The highest BCUT2D eigenvalue weighted by Crippen LogP contribution is 2.16. The Morgan fingerprint density at radius 1 is 0.963 bits per heavy atom. The zero-order valence-corrected chi connectivity index (χ0v) is 17.0. The van der Waals surface area contributed by atoms with Crippen LogP contribution < -0.4 is 4.74 Å². The maximum absolute atomic E-state index is 12.8. The summed E-state index contributed by atoms with van der Waals surface area (Å²) >= 11 is 5.89. The first-order valence-electron chi connectivity index (χ1n) is 9.54. The maximum atomic E-state index is 12.8. The summed E-state index contributed by atoms with van der Waals surface area (Å²) in [6, 6.07) is 17.1. The molecule has 0 aromatic heterocycles. The molecule has 0 atom stereocenters. The van der Waals surface area contributed by atoms with E-state index in [0.717, 1.165) is 31.6 Å². The summed E-state index contributed by atoms with van der Waals surface area (Å²) in [6.45, 7) is 8.72. The molecule has 4 nitrogen and oxygen atoms in total. The highest BCUT2D eigenvalue weighted by Gasteiger charge is 2.15. The van der Waals surface area contributed by atoms with Crippen LogP contribution in [0.15, 0.2) is 54.6 Å². The third-order valence-corrected chi connectivity index (χ3v) is 4.79. The first-order chi connectivity index (χ1) is 13.1. The number of hydrogen-bond donors (Lipinski definition) is 0. The highest BCUT2D eigenvalue weighted by molar-refractivity contribution is 6.30. The fourth-order valence-corrected chi connectivity index (χ4v) is 3.01. The molecule has 0 aliphatic carbocycles. The Kier molecular flexibility index (Phi) is 9.16. The van der Waals surface area contributed by atoms with E-state index in [1.54, 1.807) is 24.3 Å². The second kappa shape index (κ2) is 11.6. The SMILES string of the molecule is CCN(CC)CCCN(Cc1ccccc1)C(=O)COc1ccc(Cl)cc1. The Morgan fingerprint density at radius 2 is 1.63 bits per heavy atom. The number of benzene rings is 2. The molecule has 0 saturated carbocycles. The maximum Gasteiger partial charge on any atom is 0.260 e. The largest absolute Gasteiger partial charge is 0.484 e. The number of halogens is 1. The fraction of sp³-hybridized carbons (Fsp3) is 0.409. The van der Waals surface area contributed by atoms with Crippen LogP contribution in [-0.2, 0) is 11.3 Å². The predicted octanol–water partition coefficient (Wildman–Crippen LogP) is 4.48. The van der Waals surface area contributed by atoms with Gasteiger partial charge in [0.25, 0.3) is 5.91 Å². The van der Waals surface area contributed by atoms with Gasteiger partial charge in [-0.05, 0) is 55.9 Å². The lowest BCUT2D eigenvalue weighted by Gasteiger charge is -2.25. The first kappa shape index (κ1) is 21.3. The van der Waals surface area contributed by atoms with Gasteiger partial charge < -0.3 is 14.5 Å². The Hall–Kier alpha value is -2.04. The molecule has 0 aliphatic heterocycles. The average Bonchev–Trinajstić information content (AvgIpc) is 2.70. The van der Waals surface area contributed by atoms with Gasteiger partial charge in [0.1, 0.15) is 5.75 Å². The molecular formula is C22H29ClN2O2. The molecule has 27 heavy (non-hydrogen) atoms. The molecule has 0 radical (unpaired) electrons. The summed E-state index contributed by atoms with van der Waals surface area (Å²) in [4.78, 5) is 17.0. The minimum Gasteiger partial charge on any atom is -0.484 e. The van der Waals surface area contributed by atoms with Crippen molar-refractivity contribution in [1.82, 2.24) is 9.80 Å². The molecule has 0 bridgehead atoms. The van der Waals surface area contributed by atoms with Crippen LogP contribution in [0.5, 0.6) is 5.75 Å². The van der Waals surface area contributed by atoms with E-state index in [0.29, 0.717) is 23.9 Å². The van der Waals surface area contributed by atoms with Crippen molar-refractivity contribution >= 4 is 17.5 Å². The molecule has 0 saturated heterocycles. The molecule has 1 amide bonds. The van der Waals surface area contributed by atoms with Gasteiger partial charge in [0.15, 0.2) is 6.61 Å². The highest BCUT2D eigenvalue weighted by atomic mass is 35.5. The van der Waals surface area contributed by atoms with Crippen molar-refractivity contribution in [1.29, 1.82) is 0 Å². The fourth-order valence-electron chi connectivity index (χ4n) is 2.89. The number of rotatable bonds is 11. The monoisotopic (exact) mass is 388 g/mol. The third kappa shape index (κ3) is 7.61. The van der Waals surface area contributed by atoms with Gasteiger partial charge in [-0.2, -0.15) is 0 Å². The molecule has 146 valence electrons. The summed E-state index contributed by atoms with van der Waals surface area (Å²) in [5, 5.41) is 0.649. The number of carbonyl (C=O) groups is 1. The first-order valence-corrected chi connectivity index (χ1v) is 9.92. The van der Waals surface area contributed by atoms with Gasteiger partial charge in [-0.3, -0.25) is 4.79 Å². The van der Waals surface area contributed by atoms with Crippen LogP contribution in [0, 0.1) is 0 Å². The average molecular weight is 389 g/mol. The molecule has 0 fully saturated rings. The zero-order chi connectivity index (χ0) is 19.5. The van der Waals surface area contributed by atoms with Crippen LogP contribution in [-0.4, -0.2) is 48.5 Å². The quantitative estimate of drug-likeness (QED) is 0.569. The Labute approximate surface area is 167 Å². The minimum atomic E-state index is -0.00616. The lowest BCUT2D eigenvalue weighted by atomic mass is 10.2. The normalized spacial score (nSPS) is 10.8. The van der Waals surface area contributed by atoms with Gasteiger partial charge in [0, 0.05) is 18.1 Å². The van der Waals surface area contributed by atoms with E-state index in [-0.39, 0.29) is 12.5 Å². The predicted molar refractivity (Wildman–Crippen MR) is 111 cm³/mol. The molecular weight excluding hydrogens is 360 g/mol. The van der Waals surface area contributed by atoms with Crippen LogP contribution in [0.3, 0.4) is 0 Å². The van der Waals surface area contributed by atoms with Gasteiger partial charge in [-0.15, -0.1) is 0 Å². The van der Waals surface area contributed by atoms with E-state index in [4.69, 9.17) is 16.3 Å². The van der Waals surface area contributed by atoms with Crippen LogP contribution in [0.25, 0.3) is 0 Å². The van der Waals surface area contributed by atoms with Crippen molar-refractivity contribution in [2.24, 2.45) is 0 Å². The molecule has 2 rings (SSSR count). The van der Waals surface area contributed by atoms with Crippen LogP contribution in [0.2, 0.25) is 5.02 Å². The van der Waals surface area contributed by atoms with Gasteiger partial charge in [0.2, 0.25) is 0 Å². The van der Waals surface area contributed by atoms with E-state index in [1.807, 2.05) is 35.2 Å². The minimum absolute atomic E-state index is 0.00616. The van der Waals surface area contributed by atoms with Gasteiger partial charge in [-0.25, -0.2) is 0 Å². The molecule has 2 aromatic rings. The summed E-state index contributed by atoms with van der Waals surface area (Å²) in [5.41, 5.74) is 1.13. The van der Waals surface area contributed by atoms with Gasteiger partial charge >= 0.3 is 0 Å². The second-order valence-electron chi connectivity index (χ2n) is 6.42. The Bertz CT molecular complexity index is 672. The van der Waals surface area contributed by atoms with Crippen molar-refractivity contribution in [3.63, 3.8) is 0 Å². The van der Waals surface area contributed by atoms with E-state index in [2.05, 4.69) is 18.7 Å². The molecule has 5 heteroatoms. The number of nitrogens with zero attached hydrogens (tertiary/aromatic N) is 2. The van der Waals surface area contributed by atoms with Crippen molar-refractivity contribution in [2.75, 3.05) is 32.8 Å². The number of hydrogen-bond acceptors (Lipinski definition) is 3. The van der Waals surface area contributed by atoms with Crippen LogP contribution in [0.1, 0.15) is 25.8 Å². The van der Waals surface area contributed by atoms with E-state index >= 15 is 0 Å². The molecule has 0 unspecified atom stereocenters. The third-order valence-electron chi connectivity index (χ3n) is 4.54. The van der Waals surface area contributed by atoms with Gasteiger partial charge in [0.05, 0.1) is 0 Å². The van der Waals surface area contributed by atoms with E-state index < -0.39 is 0 Å². The number of carbonyl (C=O) groups excluding carboxylic acids is 1. The van der Waals surface area contributed by atoms with Crippen molar-refractivity contribution in [2.45, 2.75) is 26.8 Å². The molecule has 2 aromatic carbocycles. The topological polar surface area (TPSA) is 32.8 Å². The summed E-state index contributed by atoms with van der Waals surface area (Å²) < 4.78 is 5.65. The molecule has 0 N–H and O–H groups in total. The lowest BCUT2D eigenvalue weighted by Crippen LogP contribution is -2.37. The molecule has 0 heterocycles. The second-order valence-corrected chi connectivity index (χ2v) is 6.86. The summed E-state index contributed by atoms with van der Waals surface area (Å²) in [5.74, 6) is 0.643. The lowest BCUT2D eigenvalue weighted by molar-refractivity contribution is -0.134. The van der Waals surface area contributed by atoms with E-state index in [1.165, 1.54) is 0 Å². The van der Waals surface area contributed by atoms with Crippen LogP contribution >= 0.6 is 11.6 Å². The van der Waals surface area contributed by atoms with Crippen LogP contribution in [0.4, 0.5) is 0 Å². The summed E-state index contributed by atoms with van der Waals surface area (Å²) in [7, 11) is 0. The molecule has 0 aliphatic rings. The Balaban J connectivity index is 1.94. The standard InChI is InChI=1S/C22H29ClN2O2/c1-3-24(4-2)15-8-16-25(17-19-9-6-5-7-10-19)22(26)18-27-21-13-11-20(23)12-14-21/h5-7,9-14H,3-4,8,15-18H2,1-2H3. The number of amides is 1. The van der Waals surface area contributed by atoms with Crippen molar-refractivity contribution < 1.29 is 9.53 Å².